The average Bonchev–Trinajstić information content (AvgIpc) is 3.25. The maximum atomic E-state index is 4.71. The SMILES string of the molecule is CCCn1ncc(CN2CCn3nc(CNc4ncccn4)cc3C2)c1C. The molecule has 1 aliphatic heterocycles. The Balaban J connectivity index is 1.38. The van der Waals surface area contributed by atoms with Gasteiger partial charge >= 0.3 is 0 Å². The highest BCUT2D eigenvalue weighted by molar-refractivity contribution is 5.25. The molecule has 0 amide bonds. The first-order valence-corrected chi connectivity index (χ1v) is 9.53. The number of hydrogen-bond donors (Lipinski definition) is 1. The number of rotatable bonds is 7. The smallest absolute Gasteiger partial charge is 0.222 e. The van der Waals surface area contributed by atoms with Gasteiger partial charge in [-0.3, -0.25) is 14.3 Å². The minimum atomic E-state index is 0.629. The van der Waals surface area contributed by atoms with Gasteiger partial charge in [0, 0.05) is 49.8 Å². The van der Waals surface area contributed by atoms with Gasteiger partial charge in [0.05, 0.1) is 30.7 Å². The lowest BCUT2D eigenvalue weighted by atomic mass is 10.2. The lowest BCUT2D eigenvalue weighted by Gasteiger charge is -2.27. The van der Waals surface area contributed by atoms with Crippen molar-refractivity contribution in [3.05, 3.63) is 53.4 Å². The molecular weight excluding hydrogens is 340 g/mol. The lowest BCUT2D eigenvalue weighted by molar-refractivity contribution is 0.204. The summed E-state index contributed by atoms with van der Waals surface area (Å²) in [5, 5.41) is 12.5. The third kappa shape index (κ3) is 4.00. The number of fused-ring (bicyclic) bond motifs is 1. The Kier molecular flexibility index (Phi) is 5.15. The maximum Gasteiger partial charge on any atom is 0.222 e. The summed E-state index contributed by atoms with van der Waals surface area (Å²) in [5.74, 6) is 0.629. The predicted octanol–water partition coefficient (Wildman–Crippen LogP) is 2.22. The van der Waals surface area contributed by atoms with Crippen LogP contribution in [0.4, 0.5) is 5.95 Å². The number of aryl methyl sites for hydroxylation is 1. The van der Waals surface area contributed by atoms with E-state index in [2.05, 4.69) is 54.6 Å². The van der Waals surface area contributed by atoms with Crippen molar-refractivity contribution in [3.63, 3.8) is 0 Å². The van der Waals surface area contributed by atoms with Crippen LogP contribution in [-0.4, -0.2) is 41.0 Å². The van der Waals surface area contributed by atoms with Gasteiger partial charge in [0.15, 0.2) is 0 Å². The van der Waals surface area contributed by atoms with Crippen molar-refractivity contribution in [3.8, 4) is 0 Å². The molecule has 3 aromatic heterocycles. The van der Waals surface area contributed by atoms with E-state index in [1.165, 1.54) is 17.0 Å². The zero-order valence-corrected chi connectivity index (χ0v) is 16.0. The molecule has 0 spiro atoms. The molecule has 1 aliphatic rings. The van der Waals surface area contributed by atoms with Crippen LogP contribution >= 0.6 is 0 Å². The van der Waals surface area contributed by atoms with E-state index >= 15 is 0 Å². The predicted molar refractivity (Wildman–Crippen MR) is 103 cm³/mol. The zero-order valence-electron chi connectivity index (χ0n) is 16.0. The monoisotopic (exact) mass is 366 g/mol. The molecule has 27 heavy (non-hydrogen) atoms. The van der Waals surface area contributed by atoms with E-state index in [1.807, 2.05) is 12.3 Å². The molecule has 4 rings (SSSR count). The molecule has 4 heterocycles. The van der Waals surface area contributed by atoms with Crippen LogP contribution in [0.25, 0.3) is 0 Å². The van der Waals surface area contributed by atoms with E-state index in [-0.39, 0.29) is 0 Å². The Morgan fingerprint density at radius 3 is 2.85 bits per heavy atom. The molecule has 0 aliphatic carbocycles. The van der Waals surface area contributed by atoms with Crippen LogP contribution in [-0.2, 0) is 32.7 Å². The molecule has 142 valence electrons. The van der Waals surface area contributed by atoms with Gasteiger partial charge in [-0.25, -0.2) is 9.97 Å². The van der Waals surface area contributed by atoms with Crippen LogP contribution in [0.2, 0.25) is 0 Å². The second-order valence-electron chi connectivity index (χ2n) is 6.97. The summed E-state index contributed by atoms with van der Waals surface area (Å²) in [6.07, 6.45) is 6.59. The summed E-state index contributed by atoms with van der Waals surface area (Å²) in [6, 6.07) is 3.98. The first-order valence-electron chi connectivity index (χ1n) is 9.53. The highest BCUT2D eigenvalue weighted by atomic mass is 15.3. The third-order valence-corrected chi connectivity index (χ3v) is 4.96. The van der Waals surface area contributed by atoms with Crippen LogP contribution < -0.4 is 5.32 Å². The van der Waals surface area contributed by atoms with Crippen LogP contribution in [0.1, 0.15) is 36.0 Å². The van der Waals surface area contributed by atoms with E-state index in [1.54, 1.807) is 12.4 Å². The maximum absolute atomic E-state index is 4.71. The van der Waals surface area contributed by atoms with Gasteiger partial charge in [-0.2, -0.15) is 10.2 Å². The van der Waals surface area contributed by atoms with Gasteiger partial charge in [-0.1, -0.05) is 6.92 Å². The molecule has 0 saturated heterocycles. The molecule has 0 atom stereocenters. The summed E-state index contributed by atoms with van der Waals surface area (Å²) in [4.78, 5) is 10.8. The fourth-order valence-corrected chi connectivity index (χ4v) is 3.48. The number of nitrogens with zero attached hydrogens (tertiary/aromatic N) is 7. The molecule has 3 aromatic rings. The Morgan fingerprint density at radius 1 is 1.19 bits per heavy atom. The summed E-state index contributed by atoms with van der Waals surface area (Å²) >= 11 is 0. The quantitative estimate of drug-likeness (QED) is 0.691. The standard InChI is InChI=1S/C19H26N8/c1-3-7-26-15(2)16(11-23-26)13-25-8-9-27-18(14-25)10-17(24-27)12-22-19-20-5-4-6-21-19/h4-6,10-11H,3,7-9,12-14H2,1-2H3,(H,20,21,22). The second kappa shape index (κ2) is 7.87. The molecule has 0 bridgehead atoms. The van der Waals surface area contributed by atoms with Crippen molar-refractivity contribution < 1.29 is 0 Å². The van der Waals surface area contributed by atoms with Gasteiger partial charge in [0.2, 0.25) is 5.95 Å². The molecule has 1 N–H and O–H groups in total. The van der Waals surface area contributed by atoms with E-state index in [0.29, 0.717) is 12.5 Å². The summed E-state index contributed by atoms with van der Waals surface area (Å²) in [7, 11) is 0. The first kappa shape index (κ1) is 17.7. The van der Waals surface area contributed by atoms with Gasteiger partial charge < -0.3 is 5.32 Å². The van der Waals surface area contributed by atoms with E-state index in [4.69, 9.17) is 5.10 Å². The molecule has 8 heteroatoms. The van der Waals surface area contributed by atoms with Crippen molar-refractivity contribution in [1.29, 1.82) is 0 Å². The largest absolute Gasteiger partial charge is 0.348 e. The minimum absolute atomic E-state index is 0.629. The van der Waals surface area contributed by atoms with Gasteiger partial charge in [0.1, 0.15) is 0 Å². The first-order chi connectivity index (χ1) is 13.2. The van der Waals surface area contributed by atoms with Crippen molar-refractivity contribution in [2.75, 3.05) is 11.9 Å². The lowest BCUT2D eigenvalue weighted by Crippen LogP contribution is -2.33. The van der Waals surface area contributed by atoms with E-state index in [0.717, 1.165) is 44.8 Å². The van der Waals surface area contributed by atoms with Crippen molar-refractivity contribution in [2.24, 2.45) is 0 Å². The highest BCUT2D eigenvalue weighted by Gasteiger charge is 2.20. The summed E-state index contributed by atoms with van der Waals surface area (Å²) in [6.45, 7) is 9.73. The Labute approximate surface area is 159 Å². The number of anilines is 1. The van der Waals surface area contributed by atoms with Crippen LogP contribution in [0.3, 0.4) is 0 Å². The second-order valence-corrected chi connectivity index (χ2v) is 6.97. The molecular formula is C19H26N8. The van der Waals surface area contributed by atoms with Crippen LogP contribution in [0.5, 0.6) is 0 Å². The Hall–Kier alpha value is -2.74. The van der Waals surface area contributed by atoms with E-state index in [9.17, 15) is 0 Å². The number of aromatic nitrogens is 6. The molecule has 8 nitrogen and oxygen atoms in total. The fraction of sp³-hybridized carbons (Fsp3) is 0.474. The van der Waals surface area contributed by atoms with Crippen molar-refractivity contribution in [2.45, 2.75) is 53.0 Å². The summed E-state index contributed by atoms with van der Waals surface area (Å²) in [5.41, 5.74) is 4.88. The molecule has 0 aromatic carbocycles. The summed E-state index contributed by atoms with van der Waals surface area (Å²) < 4.78 is 4.23. The Morgan fingerprint density at radius 2 is 2.04 bits per heavy atom. The van der Waals surface area contributed by atoms with E-state index < -0.39 is 0 Å². The molecule has 0 fully saturated rings. The Bertz CT molecular complexity index is 883. The zero-order chi connectivity index (χ0) is 18.6. The normalized spacial score (nSPS) is 14.3. The van der Waals surface area contributed by atoms with Crippen LogP contribution in [0.15, 0.2) is 30.7 Å². The van der Waals surface area contributed by atoms with Crippen LogP contribution in [0, 0.1) is 6.92 Å². The van der Waals surface area contributed by atoms with Crippen molar-refractivity contribution >= 4 is 5.95 Å². The van der Waals surface area contributed by atoms with Gasteiger partial charge in [0.25, 0.3) is 0 Å². The van der Waals surface area contributed by atoms with Crippen molar-refractivity contribution in [1.82, 2.24) is 34.4 Å². The molecule has 0 radical (unpaired) electrons. The topological polar surface area (TPSA) is 76.7 Å². The number of nitrogens with one attached hydrogen (secondary N) is 1. The third-order valence-electron chi connectivity index (χ3n) is 4.96. The molecule has 0 saturated carbocycles. The fourth-order valence-electron chi connectivity index (χ4n) is 3.48. The number of hydrogen-bond acceptors (Lipinski definition) is 6. The average molecular weight is 366 g/mol. The minimum Gasteiger partial charge on any atom is -0.348 e. The highest BCUT2D eigenvalue weighted by Crippen LogP contribution is 2.18. The molecule has 0 unspecified atom stereocenters. The van der Waals surface area contributed by atoms with Gasteiger partial charge in [-0.05, 0) is 25.5 Å². The van der Waals surface area contributed by atoms with Gasteiger partial charge in [-0.15, -0.1) is 0 Å².